The molecule has 4 heteroatoms. The minimum absolute atomic E-state index is 0.911. The van der Waals surface area contributed by atoms with Crippen LogP contribution in [0.2, 0.25) is 0 Å². The van der Waals surface area contributed by atoms with Gasteiger partial charge in [-0.15, -0.1) is 0 Å². The highest BCUT2D eigenvalue weighted by Gasteiger charge is 2.50. The average molecular weight is 409 g/mol. The number of para-hydroxylation sites is 3. The van der Waals surface area contributed by atoms with Crippen LogP contribution in [0.3, 0.4) is 0 Å². The quantitative estimate of drug-likeness (QED) is 0.475. The fraction of sp³-hybridized carbons (Fsp3) is 0.280. The van der Waals surface area contributed by atoms with Crippen molar-refractivity contribution >= 4 is 23.2 Å². The van der Waals surface area contributed by atoms with Gasteiger partial charge in [0.25, 0.3) is 0 Å². The summed E-state index contributed by atoms with van der Waals surface area (Å²) in [4.78, 5) is 0. The maximum Gasteiger partial charge on any atom is 0.161 e. The predicted molar refractivity (Wildman–Crippen MR) is 125 cm³/mol. The third-order valence-corrected chi connectivity index (χ3v) is 9.90. The Morgan fingerprint density at radius 1 is 0.586 bits per heavy atom. The molecule has 3 aromatic carbocycles. The molecule has 0 atom stereocenters. The molecule has 152 valence electrons. The predicted octanol–water partition coefficient (Wildman–Crippen LogP) is 4.81. The monoisotopic (exact) mass is 409 g/mol. The Balaban J connectivity index is 2.46. The molecular weight excluding hydrogens is 379 g/mol. The summed E-state index contributed by atoms with van der Waals surface area (Å²) >= 11 is 0. The first-order valence-corrected chi connectivity index (χ1v) is 12.0. The van der Waals surface area contributed by atoms with Crippen molar-refractivity contribution in [1.82, 2.24) is 0 Å². The van der Waals surface area contributed by atoms with Gasteiger partial charge in [0.05, 0.1) is 27.5 Å². The number of unbranched alkanes of at least 4 members (excludes halogenated alkanes) is 1. The molecule has 0 saturated heterocycles. The average Bonchev–Trinajstić information content (AvgIpc) is 2.80. The number of hydrogen-bond acceptors (Lipinski definition) is 3. The van der Waals surface area contributed by atoms with E-state index in [0.29, 0.717) is 0 Å². The standard InChI is InChI=1S/C25H30O3P/c1-5-6-19-29(23-16-10-7-13-20(23)26-2,24-17-11-8-14-21(24)27-3)25-18-12-9-15-22(25)28-4/h7-18H,5-6,19H2,1-4H3/q+1. The highest BCUT2D eigenvalue weighted by Crippen LogP contribution is 2.60. The van der Waals surface area contributed by atoms with E-state index in [4.69, 9.17) is 14.2 Å². The highest BCUT2D eigenvalue weighted by atomic mass is 31.2. The summed E-state index contributed by atoms with van der Waals surface area (Å²) in [6, 6.07) is 25.2. The van der Waals surface area contributed by atoms with Gasteiger partial charge >= 0.3 is 0 Å². The molecule has 0 radical (unpaired) electrons. The van der Waals surface area contributed by atoms with Crippen LogP contribution in [0, 0.1) is 0 Å². The minimum Gasteiger partial charge on any atom is -0.493 e. The van der Waals surface area contributed by atoms with E-state index in [0.717, 1.165) is 36.3 Å². The van der Waals surface area contributed by atoms with Crippen molar-refractivity contribution in [3.8, 4) is 17.2 Å². The summed E-state index contributed by atoms with van der Waals surface area (Å²) in [5.41, 5.74) is 0. The Kier molecular flexibility index (Phi) is 7.17. The van der Waals surface area contributed by atoms with Crippen molar-refractivity contribution in [1.29, 1.82) is 0 Å². The van der Waals surface area contributed by atoms with Crippen LogP contribution in [0.1, 0.15) is 19.8 Å². The Morgan fingerprint density at radius 3 is 1.24 bits per heavy atom. The molecule has 3 nitrogen and oxygen atoms in total. The molecule has 0 unspecified atom stereocenters. The van der Waals surface area contributed by atoms with Gasteiger partial charge in [0.2, 0.25) is 0 Å². The van der Waals surface area contributed by atoms with E-state index in [1.807, 2.05) is 18.2 Å². The van der Waals surface area contributed by atoms with E-state index in [2.05, 4.69) is 61.5 Å². The lowest BCUT2D eigenvalue weighted by Crippen LogP contribution is -2.35. The van der Waals surface area contributed by atoms with E-state index in [-0.39, 0.29) is 0 Å². The van der Waals surface area contributed by atoms with Crippen molar-refractivity contribution in [2.45, 2.75) is 19.8 Å². The molecule has 0 fully saturated rings. The molecule has 0 amide bonds. The number of ether oxygens (including phenoxy) is 3. The van der Waals surface area contributed by atoms with Crippen LogP contribution >= 0.6 is 7.26 Å². The smallest absolute Gasteiger partial charge is 0.161 e. The maximum atomic E-state index is 5.87. The zero-order valence-corrected chi connectivity index (χ0v) is 18.6. The maximum absolute atomic E-state index is 5.87. The first-order chi connectivity index (χ1) is 14.2. The van der Waals surface area contributed by atoms with Gasteiger partial charge in [-0.2, -0.15) is 0 Å². The second kappa shape index (κ2) is 9.80. The minimum atomic E-state index is -2.11. The molecule has 0 aliphatic rings. The molecule has 0 saturated carbocycles. The molecule has 0 aromatic heterocycles. The van der Waals surface area contributed by atoms with Crippen LogP contribution < -0.4 is 30.1 Å². The van der Waals surface area contributed by atoms with Crippen LogP contribution in [-0.4, -0.2) is 27.5 Å². The third-order valence-electron chi connectivity index (χ3n) is 5.34. The van der Waals surface area contributed by atoms with Crippen LogP contribution in [0.15, 0.2) is 72.8 Å². The van der Waals surface area contributed by atoms with Gasteiger partial charge in [-0.05, 0) is 42.8 Å². The van der Waals surface area contributed by atoms with Crippen molar-refractivity contribution in [2.75, 3.05) is 27.5 Å². The van der Waals surface area contributed by atoms with E-state index in [9.17, 15) is 0 Å². The van der Waals surface area contributed by atoms with Gasteiger partial charge in [0.15, 0.2) is 17.2 Å². The molecule has 0 spiro atoms. The van der Waals surface area contributed by atoms with E-state index >= 15 is 0 Å². The second-order valence-corrected chi connectivity index (χ2v) is 10.4. The normalized spacial score (nSPS) is 11.2. The van der Waals surface area contributed by atoms with Crippen LogP contribution in [0.25, 0.3) is 0 Å². The topological polar surface area (TPSA) is 27.7 Å². The van der Waals surface area contributed by atoms with E-state index < -0.39 is 7.26 Å². The number of benzene rings is 3. The van der Waals surface area contributed by atoms with Crippen molar-refractivity contribution in [2.24, 2.45) is 0 Å². The summed E-state index contributed by atoms with van der Waals surface area (Å²) in [5, 5.41) is 3.68. The largest absolute Gasteiger partial charge is 0.493 e. The van der Waals surface area contributed by atoms with Gasteiger partial charge in [-0.25, -0.2) is 0 Å². The second-order valence-electron chi connectivity index (χ2n) is 6.90. The lowest BCUT2D eigenvalue weighted by atomic mass is 10.3. The highest BCUT2D eigenvalue weighted by molar-refractivity contribution is 7.96. The zero-order valence-electron chi connectivity index (χ0n) is 17.7. The van der Waals surface area contributed by atoms with Gasteiger partial charge in [0, 0.05) is 0 Å². The van der Waals surface area contributed by atoms with Gasteiger partial charge in [0.1, 0.15) is 23.2 Å². The lowest BCUT2D eigenvalue weighted by Gasteiger charge is -2.30. The molecular formula is C25H30O3P+. The summed E-state index contributed by atoms with van der Waals surface area (Å²) in [6.45, 7) is 2.24. The van der Waals surface area contributed by atoms with E-state index in [1.54, 1.807) is 21.3 Å². The van der Waals surface area contributed by atoms with Crippen molar-refractivity contribution < 1.29 is 14.2 Å². The first-order valence-electron chi connectivity index (χ1n) is 10.0. The Hall–Kier alpha value is -2.51. The number of hydrogen-bond donors (Lipinski definition) is 0. The van der Waals surface area contributed by atoms with Gasteiger partial charge < -0.3 is 14.2 Å². The summed E-state index contributed by atoms with van der Waals surface area (Å²) in [6.07, 6.45) is 3.23. The third kappa shape index (κ3) is 3.97. The van der Waals surface area contributed by atoms with Gasteiger partial charge in [-0.3, -0.25) is 0 Å². The lowest BCUT2D eigenvalue weighted by molar-refractivity contribution is 0.416. The molecule has 29 heavy (non-hydrogen) atoms. The molecule has 0 heterocycles. The summed E-state index contributed by atoms with van der Waals surface area (Å²) in [5.74, 6) is 2.73. The molecule has 0 bridgehead atoms. The molecule has 3 aromatic rings. The molecule has 0 aliphatic heterocycles. The summed E-state index contributed by atoms with van der Waals surface area (Å²) < 4.78 is 17.6. The number of rotatable bonds is 9. The Morgan fingerprint density at radius 2 is 0.931 bits per heavy atom. The van der Waals surface area contributed by atoms with Crippen LogP contribution in [-0.2, 0) is 0 Å². The van der Waals surface area contributed by atoms with Crippen LogP contribution in [0.4, 0.5) is 0 Å². The summed E-state index contributed by atoms with van der Waals surface area (Å²) in [7, 11) is 3.14. The Labute approximate surface area is 175 Å². The van der Waals surface area contributed by atoms with Gasteiger partial charge in [-0.1, -0.05) is 49.7 Å². The SMILES string of the molecule is CCCC[P+](c1ccccc1OC)(c1ccccc1OC)c1ccccc1OC. The van der Waals surface area contributed by atoms with E-state index in [1.165, 1.54) is 15.9 Å². The Bertz CT molecular complexity index is 823. The zero-order chi connectivity index (χ0) is 20.7. The number of methoxy groups -OCH3 is 3. The van der Waals surface area contributed by atoms with Crippen molar-refractivity contribution in [3.63, 3.8) is 0 Å². The van der Waals surface area contributed by atoms with Crippen molar-refractivity contribution in [3.05, 3.63) is 72.8 Å². The molecule has 3 rings (SSSR count). The fourth-order valence-electron chi connectivity index (χ4n) is 3.98. The molecule has 0 aliphatic carbocycles. The first kappa shape index (κ1) is 21.2. The van der Waals surface area contributed by atoms with Crippen LogP contribution in [0.5, 0.6) is 17.2 Å². The fourth-order valence-corrected chi connectivity index (χ4v) is 8.92. The molecule has 0 N–H and O–H groups in total.